The number of hydrogen-bond donors (Lipinski definition) is 0. The van der Waals surface area contributed by atoms with Crippen LogP contribution >= 0.6 is 24.0 Å². The van der Waals surface area contributed by atoms with E-state index in [9.17, 15) is 14.9 Å². The molecule has 0 spiro atoms. The highest BCUT2D eigenvalue weighted by Gasteiger charge is 2.31. The fraction of sp³-hybridized carbons (Fsp3) is 0.130. The van der Waals surface area contributed by atoms with E-state index in [1.165, 1.54) is 23.9 Å². The van der Waals surface area contributed by atoms with Crippen molar-refractivity contribution in [3.63, 3.8) is 0 Å². The van der Waals surface area contributed by atoms with Crippen molar-refractivity contribution in [2.75, 3.05) is 6.54 Å². The lowest BCUT2D eigenvalue weighted by Gasteiger charge is -2.13. The van der Waals surface area contributed by atoms with Gasteiger partial charge in [0.2, 0.25) is 0 Å². The quantitative estimate of drug-likeness (QED) is 0.212. The average molecular weight is 451 g/mol. The minimum Gasteiger partial charge on any atom is -0.488 e. The van der Waals surface area contributed by atoms with Crippen molar-refractivity contribution in [1.29, 1.82) is 0 Å². The summed E-state index contributed by atoms with van der Waals surface area (Å²) >= 11 is 6.60. The van der Waals surface area contributed by atoms with Crippen molar-refractivity contribution < 1.29 is 14.5 Å². The van der Waals surface area contributed by atoms with Gasteiger partial charge in [-0.15, -0.1) is 0 Å². The van der Waals surface area contributed by atoms with E-state index < -0.39 is 4.92 Å². The number of ether oxygens (including phenoxy) is 1. The summed E-state index contributed by atoms with van der Waals surface area (Å²) in [7, 11) is 0. The Balaban J connectivity index is 1.72. The Bertz CT molecular complexity index is 1240. The van der Waals surface area contributed by atoms with Crippen molar-refractivity contribution in [3.05, 3.63) is 86.8 Å². The lowest BCUT2D eigenvalue weighted by molar-refractivity contribution is -0.384. The molecule has 6 nitrogen and oxygen atoms in total. The predicted octanol–water partition coefficient (Wildman–Crippen LogP) is 5.55. The van der Waals surface area contributed by atoms with E-state index in [-0.39, 0.29) is 18.2 Å². The van der Waals surface area contributed by atoms with Gasteiger partial charge in [0.05, 0.1) is 9.83 Å². The van der Waals surface area contributed by atoms with Gasteiger partial charge in [0.15, 0.2) is 0 Å². The zero-order valence-electron chi connectivity index (χ0n) is 16.6. The molecule has 0 unspecified atom stereocenters. The zero-order chi connectivity index (χ0) is 22.0. The van der Waals surface area contributed by atoms with Gasteiger partial charge in [-0.1, -0.05) is 66.4 Å². The van der Waals surface area contributed by atoms with Crippen molar-refractivity contribution in [2.24, 2.45) is 0 Å². The number of nitro benzene ring substituents is 1. The number of hydrogen-bond acceptors (Lipinski definition) is 6. The van der Waals surface area contributed by atoms with Gasteiger partial charge in [-0.25, -0.2) is 0 Å². The normalized spacial score (nSPS) is 15.1. The second-order valence-corrected chi connectivity index (χ2v) is 8.52. The molecule has 1 amide bonds. The molecule has 0 saturated carbocycles. The van der Waals surface area contributed by atoms with Crippen LogP contribution < -0.4 is 4.74 Å². The van der Waals surface area contributed by atoms with Crippen molar-refractivity contribution in [1.82, 2.24) is 4.90 Å². The Morgan fingerprint density at radius 3 is 2.71 bits per heavy atom. The van der Waals surface area contributed by atoms with Gasteiger partial charge in [-0.3, -0.25) is 19.8 Å². The number of non-ortho nitro benzene ring substituents is 1. The number of thiocarbonyl (C=S) groups is 1. The third-order valence-electron chi connectivity index (χ3n) is 4.91. The molecule has 1 aliphatic heterocycles. The summed E-state index contributed by atoms with van der Waals surface area (Å²) in [6, 6.07) is 18.0. The summed E-state index contributed by atoms with van der Waals surface area (Å²) in [5.74, 6) is 0.474. The van der Waals surface area contributed by atoms with Gasteiger partial charge < -0.3 is 4.74 Å². The second-order valence-electron chi connectivity index (χ2n) is 6.84. The van der Waals surface area contributed by atoms with E-state index in [0.717, 1.165) is 16.3 Å². The van der Waals surface area contributed by atoms with Crippen LogP contribution in [0.4, 0.5) is 5.69 Å². The summed E-state index contributed by atoms with van der Waals surface area (Å²) in [6.07, 6.45) is 1.82. The lowest BCUT2D eigenvalue weighted by atomic mass is 10.0. The van der Waals surface area contributed by atoms with Crippen LogP contribution in [0.15, 0.2) is 65.6 Å². The third kappa shape index (κ3) is 4.30. The maximum atomic E-state index is 12.7. The Kier molecular flexibility index (Phi) is 6.01. The first kappa shape index (κ1) is 21.0. The number of likely N-dealkylation sites (N-methyl/N-ethyl adjacent to an activating group) is 1. The van der Waals surface area contributed by atoms with E-state index in [1.807, 2.05) is 49.4 Å². The highest BCUT2D eigenvalue weighted by atomic mass is 32.2. The molecule has 0 aromatic heterocycles. The zero-order valence-corrected chi connectivity index (χ0v) is 18.2. The standard InChI is InChI=1S/C23H18N2O4S2/c1-2-24-22(26)21(31-23(24)30)13-19-18-9-4-3-7-16(18)10-11-20(19)29-14-15-6-5-8-17(12-15)25(27)28/h3-13H,2,14H2,1H3. The number of nitrogens with zero attached hydrogens (tertiary/aromatic N) is 2. The molecule has 3 aromatic rings. The van der Waals surface area contributed by atoms with Gasteiger partial charge in [0.1, 0.15) is 16.7 Å². The fourth-order valence-electron chi connectivity index (χ4n) is 3.37. The molecule has 3 aromatic carbocycles. The van der Waals surface area contributed by atoms with Gasteiger partial charge in [0.25, 0.3) is 11.6 Å². The van der Waals surface area contributed by atoms with E-state index in [4.69, 9.17) is 17.0 Å². The predicted molar refractivity (Wildman–Crippen MR) is 127 cm³/mol. The molecule has 1 saturated heterocycles. The Morgan fingerprint density at radius 1 is 1.16 bits per heavy atom. The first-order chi connectivity index (χ1) is 15.0. The molecule has 1 fully saturated rings. The highest BCUT2D eigenvalue weighted by Crippen LogP contribution is 2.37. The maximum Gasteiger partial charge on any atom is 0.269 e. The summed E-state index contributed by atoms with van der Waals surface area (Å²) in [5.41, 5.74) is 1.48. The molecule has 4 rings (SSSR count). The topological polar surface area (TPSA) is 72.7 Å². The van der Waals surface area contributed by atoms with Gasteiger partial charge in [-0.05, 0) is 35.4 Å². The van der Waals surface area contributed by atoms with Crippen LogP contribution in [0.3, 0.4) is 0 Å². The van der Waals surface area contributed by atoms with E-state index in [1.54, 1.807) is 17.0 Å². The number of thioether (sulfide) groups is 1. The summed E-state index contributed by atoms with van der Waals surface area (Å²) < 4.78 is 6.60. The number of fused-ring (bicyclic) bond motifs is 1. The lowest BCUT2D eigenvalue weighted by Crippen LogP contribution is -2.27. The van der Waals surface area contributed by atoms with Gasteiger partial charge in [0, 0.05) is 24.2 Å². The summed E-state index contributed by atoms with van der Waals surface area (Å²) in [4.78, 5) is 25.4. The van der Waals surface area contributed by atoms with Crippen LogP contribution in [0.2, 0.25) is 0 Å². The van der Waals surface area contributed by atoms with Crippen LogP contribution in [0.1, 0.15) is 18.1 Å². The maximum absolute atomic E-state index is 12.7. The molecule has 8 heteroatoms. The van der Waals surface area contributed by atoms with Gasteiger partial charge >= 0.3 is 0 Å². The van der Waals surface area contributed by atoms with Crippen LogP contribution in [0.5, 0.6) is 5.75 Å². The molecule has 0 bridgehead atoms. The number of carbonyl (C=O) groups is 1. The van der Waals surface area contributed by atoms with Crippen LogP contribution in [0.25, 0.3) is 16.8 Å². The highest BCUT2D eigenvalue weighted by molar-refractivity contribution is 8.26. The first-order valence-corrected chi connectivity index (χ1v) is 10.8. The fourth-order valence-corrected chi connectivity index (χ4v) is 4.74. The van der Waals surface area contributed by atoms with Crippen molar-refractivity contribution in [3.8, 4) is 5.75 Å². The molecular weight excluding hydrogens is 432 g/mol. The minimum atomic E-state index is -0.430. The average Bonchev–Trinajstić information content (AvgIpc) is 3.05. The number of nitro groups is 1. The van der Waals surface area contributed by atoms with Crippen LogP contribution in [-0.4, -0.2) is 26.6 Å². The molecular formula is C23H18N2O4S2. The molecule has 1 heterocycles. The summed E-state index contributed by atoms with van der Waals surface area (Å²) in [6.45, 7) is 2.57. The van der Waals surface area contributed by atoms with Crippen LogP contribution in [0, 0.1) is 10.1 Å². The van der Waals surface area contributed by atoms with Crippen molar-refractivity contribution >= 4 is 56.7 Å². The molecule has 31 heavy (non-hydrogen) atoms. The Labute approximate surface area is 188 Å². The van der Waals surface area contributed by atoms with E-state index >= 15 is 0 Å². The Hall–Kier alpha value is -3.23. The first-order valence-electron chi connectivity index (χ1n) is 9.61. The van der Waals surface area contributed by atoms with E-state index in [2.05, 4.69) is 0 Å². The summed E-state index contributed by atoms with van der Waals surface area (Å²) in [5, 5.41) is 13.0. The number of benzene rings is 3. The molecule has 1 aliphatic rings. The second kappa shape index (κ2) is 8.87. The molecule has 0 aliphatic carbocycles. The largest absolute Gasteiger partial charge is 0.488 e. The molecule has 0 atom stereocenters. The van der Waals surface area contributed by atoms with Crippen LogP contribution in [-0.2, 0) is 11.4 Å². The molecule has 0 N–H and O–H groups in total. The minimum absolute atomic E-state index is 0.0167. The molecule has 156 valence electrons. The van der Waals surface area contributed by atoms with Gasteiger partial charge in [-0.2, -0.15) is 0 Å². The number of rotatable bonds is 6. The SMILES string of the molecule is CCN1C(=O)C(=Cc2c(OCc3cccc([N+](=O)[O-])c3)ccc3ccccc23)SC1=S. The Morgan fingerprint density at radius 2 is 1.97 bits per heavy atom. The monoisotopic (exact) mass is 450 g/mol. The van der Waals surface area contributed by atoms with E-state index in [0.29, 0.717) is 27.1 Å². The smallest absolute Gasteiger partial charge is 0.269 e. The van der Waals surface area contributed by atoms with Crippen molar-refractivity contribution in [2.45, 2.75) is 13.5 Å². The molecule has 0 radical (unpaired) electrons. The number of amides is 1. The number of carbonyl (C=O) groups excluding carboxylic acids is 1. The third-order valence-corrected chi connectivity index (χ3v) is 6.29.